The second kappa shape index (κ2) is 9.63. The van der Waals surface area contributed by atoms with E-state index in [2.05, 4.69) is 14.4 Å². The molecule has 1 atom stereocenters. The van der Waals surface area contributed by atoms with Crippen molar-refractivity contribution in [3.63, 3.8) is 0 Å². The molecule has 0 aliphatic carbocycles. The third-order valence-electron chi connectivity index (χ3n) is 7.75. The van der Waals surface area contributed by atoms with Gasteiger partial charge < -0.3 is 19.3 Å². The SMILES string of the molecule is Cc1nc2ccccc2n1-c1nc(N2CCOCC2)c2nc(CC3CN(C(C(=O)O)C(C)C)C3)n(C)c2n1. The van der Waals surface area contributed by atoms with Crippen molar-refractivity contribution in [2.75, 3.05) is 44.3 Å². The monoisotopic (exact) mass is 518 g/mol. The van der Waals surface area contributed by atoms with Crippen LogP contribution in [0.3, 0.4) is 0 Å². The van der Waals surface area contributed by atoms with E-state index in [-0.39, 0.29) is 5.92 Å². The Morgan fingerprint density at radius 3 is 2.55 bits per heavy atom. The number of carboxylic acids is 1. The summed E-state index contributed by atoms with van der Waals surface area (Å²) in [4.78, 5) is 35.9. The average Bonchev–Trinajstić information content (AvgIpc) is 3.37. The van der Waals surface area contributed by atoms with Gasteiger partial charge in [0.1, 0.15) is 17.7 Å². The lowest BCUT2D eigenvalue weighted by Gasteiger charge is -2.44. The highest BCUT2D eigenvalue weighted by molar-refractivity contribution is 5.86. The molecule has 0 amide bonds. The first-order valence-corrected chi connectivity index (χ1v) is 13.3. The number of rotatable bonds is 7. The number of ether oxygens (including phenoxy) is 1. The number of benzene rings is 1. The van der Waals surface area contributed by atoms with Crippen molar-refractivity contribution in [3.05, 3.63) is 35.9 Å². The second-order valence-electron chi connectivity index (χ2n) is 10.7. The molecule has 11 nitrogen and oxygen atoms in total. The Labute approximate surface area is 221 Å². The van der Waals surface area contributed by atoms with E-state index in [0.717, 1.165) is 72.3 Å². The predicted octanol–water partition coefficient (Wildman–Crippen LogP) is 2.43. The van der Waals surface area contributed by atoms with Crippen molar-refractivity contribution in [1.82, 2.24) is 34.0 Å². The van der Waals surface area contributed by atoms with Crippen LogP contribution in [0.1, 0.15) is 25.5 Å². The van der Waals surface area contributed by atoms with E-state index in [1.807, 2.05) is 56.7 Å². The van der Waals surface area contributed by atoms with E-state index in [0.29, 0.717) is 25.1 Å². The van der Waals surface area contributed by atoms with Crippen molar-refractivity contribution < 1.29 is 14.6 Å². The fourth-order valence-electron chi connectivity index (χ4n) is 5.84. The summed E-state index contributed by atoms with van der Waals surface area (Å²) in [6, 6.07) is 7.58. The minimum absolute atomic E-state index is 0.0664. The molecule has 1 unspecified atom stereocenters. The van der Waals surface area contributed by atoms with Crippen molar-refractivity contribution in [2.45, 2.75) is 33.2 Å². The number of likely N-dealkylation sites (tertiary alicyclic amines) is 1. The molecule has 3 aromatic heterocycles. The molecule has 38 heavy (non-hydrogen) atoms. The van der Waals surface area contributed by atoms with Gasteiger partial charge in [-0.1, -0.05) is 26.0 Å². The molecule has 6 rings (SSSR count). The first-order chi connectivity index (χ1) is 18.3. The third kappa shape index (κ3) is 4.19. The number of carboxylic acid groups (broad SMARTS) is 1. The van der Waals surface area contributed by atoms with Crippen LogP contribution in [0.25, 0.3) is 28.1 Å². The van der Waals surface area contributed by atoms with Crippen LogP contribution in [0.15, 0.2) is 24.3 Å². The number of fused-ring (bicyclic) bond motifs is 2. The third-order valence-corrected chi connectivity index (χ3v) is 7.75. The molecule has 2 aliphatic heterocycles. The molecule has 5 heterocycles. The van der Waals surface area contributed by atoms with Crippen LogP contribution in [0.5, 0.6) is 0 Å². The molecular formula is C27H34N8O3. The Bertz CT molecular complexity index is 1500. The Hall–Kier alpha value is -3.57. The molecule has 200 valence electrons. The zero-order valence-electron chi connectivity index (χ0n) is 22.3. The molecule has 1 aromatic carbocycles. The Kier molecular flexibility index (Phi) is 6.27. The second-order valence-corrected chi connectivity index (χ2v) is 10.7. The molecule has 4 aromatic rings. The fourth-order valence-corrected chi connectivity index (χ4v) is 5.84. The van der Waals surface area contributed by atoms with Gasteiger partial charge in [-0.05, 0) is 30.9 Å². The molecule has 0 saturated carbocycles. The summed E-state index contributed by atoms with van der Waals surface area (Å²) in [5.74, 6) is 2.83. The number of nitrogens with zero attached hydrogens (tertiary/aromatic N) is 8. The highest BCUT2D eigenvalue weighted by Gasteiger charge is 2.38. The van der Waals surface area contributed by atoms with Gasteiger partial charge in [-0.3, -0.25) is 14.3 Å². The number of aromatic nitrogens is 6. The number of hydrogen-bond acceptors (Lipinski definition) is 8. The van der Waals surface area contributed by atoms with Gasteiger partial charge in [0.15, 0.2) is 17.0 Å². The fraction of sp³-hybridized carbons (Fsp3) is 0.519. The molecule has 2 saturated heterocycles. The lowest BCUT2D eigenvalue weighted by Crippen LogP contribution is -2.57. The molecule has 0 spiro atoms. The minimum atomic E-state index is -0.749. The zero-order chi connectivity index (χ0) is 26.6. The van der Waals surface area contributed by atoms with Crippen molar-refractivity contribution >= 4 is 34.0 Å². The summed E-state index contributed by atoms with van der Waals surface area (Å²) in [7, 11) is 2.01. The van der Waals surface area contributed by atoms with Crippen LogP contribution >= 0.6 is 0 Å². The Balaban J connectivity index is 1.38. The van der Waals surface area contributed by atoms with E-state index in [1.54, 1.807) is 0 Å². The van der Waals surface area contributed by atoms with Crippen LogP contribution in [0.2, 0.25) is 0 Å². The molecular weight excluding hydrogens is 484 g/mol. The Morgan fingerprint density at radius 1 is 1.11 bits per heavy atom. The largest absolute Gasteiger partial charge is 0.480 e. The quantitative estimate of drug-likeness (QED) is 0.394. The number of imidazole rings is 2. The number of hydrogen-bond donors (Lipinski definition) is 1. The van der Waals surface area contributed by atoms with Gasteiger partial charge in [0.05, 0.1) is 24.2 Å². The molecule has 1 N–H and O–H groups in total. The number of aliphatic carboxylic acids is 1. The number of carbonyl (C=O) groups is 1. The lowest BCUT2D eigenvalue weighted by molar-refractivity contribution is -0.148. The van der Waals surface area contributed by atoms with Gasteiger partial charge in [-0.25, -0.2) is 9.97 Å². The van der Waals surface area contributed by atoms with E-state index in [4.69, 9.17) is 24.7 Å². The normalized spacial score (nSPS) is 18.0. The summed E-state index contributed by atoms with van der Waals surface area (Å²) in [5.41, 5.74) is 3.44. The molecule has 2 fully saturated rings. The topological polar surface area (TPSA) is 114 Å². The van der Waals surface area contributed by atoms with E-state index < -0.39 is 12.0 Å². The van der Waals surface area contributed by atoms with Gasteiger partial charge >= 0.3 is 5.97 Å². The summed E-state index contributed by atoms with van der Waals surface area (Å²) in [6.07, 6.45) is 0.763. The van der Waals surface area contributed by atoms with Gasteiger partial charge in [-0.2, -0.15) is 9.97 Å². The van der Waals surface area contributed by atoms with Gasteiger partial charge in [0.25, 0.3) is 0 Å². The van der Waals surface area contributed by atoms with Gasteiger partial charge in [0, 0.05) is 39.6 Å². The van der Waals surface area contributed by atoms with Crippen LogP contribution in [0, 0.1) is 18.8 Å². The van der Waals surface area contributed by atoms with Crippen LogP contribution in [0.4, 0.5) is 5.82 Å². The molecule has 0 radical (unpaired) electrons. The first kappa shape index (κ1) is 24.7. The van der Waals surface area contributed by atoms with Crippen molar-refractivity contribution in [2.24, 2.45) is 18.9 Å². The van der Waals surface area contributed by atoms with E-state index in [1.165, 1.54) is 0 Å². The van der Waals surface area contributed by atoms with E-state index >= 15 is 0 Å². The standard InChI is InChI=1S/C27H34N8O3/c1-16(2)23(26(36)37)34-14-18(15-34)13-21-29-22-24(32(21)4)30-27(31-25(22)33-9-11-38-12-10-33)35-17(3)28-19-7-5-6-8-20(19)35/h5-8,16,18,23H,9-15H2,1-4H3,(H,36,37). The van der Waals surface area contributed by atoms with Gasteiger partial charge in [-0.15, -0.1) is 0 Å². The van der Waals surface area contributed by atoms with E-state index in [9.17, 15) is 9.90 Å². The average molecular weight is 519 g/mol. The maximum atomic E-state index is 11.7. The summed E-state index contributed by atoms with van der Waals surface area (Å²) < 4.78 is 9.68. The minimum Gasteiger partial charge on any atom is -0.480 e. The maximum Gasteiger partial charge on any atom is 0.321 e. The zero-order valence-corrected chi connectivity index (χ0v) is 22.3. The van der Waals surface area contributed by atoms with Gasteiger partial charge in [0.2, 0.25) is 5.95 Å². The van der Waals surface area contributed by atoms with Crippen LogP contribution in [-0.2, 0) is 23.0 Å². The smallest absolute Gasteiger partial charge is 0.321 e. The van der Waals surface area contributed by atoms with Crippen molar-refractivity contribution in [3.8, 4) is 5.95 Å². The predicted molar refractivity (Wildman–Crippen MR) is 144 cm³/mol. The molecule has 11 heteroatoms. The Morgan fingerprint density at radius 2 is 1.84 bits per heavy atom. The highest BCUT2D eigenvalue weighted by atomic mass is 16.5. The number of anilines is 1. The maximum absolute atomic E-state index is 11.7. The van der Waals surface area contributed by atoms with Crippen LogP contribution < -0.4 is 4.90 Å². The number of aryl methyl sites for hydroxylation is 2. The molecule has 0 bridgehead atoms. The molecule has 2 aliphatic rings. The summed E-state index contributed by atoms with van der Waals surface area (Å²) >= 11 is 0. The highest BCUT2D eigenvalue weighted by Crippen LogP contribution is 2.30. The number of morpholine rings is 1. The summed E-state index contributed by atoms with van der Waals surface area (Å²) in [6.45, 7) is 10.2. The van der Waals surface area contributed by atoms with Crippen LogP contribution in [-0.4, -0.2) is 90.5 Å². The number of para-hydroxylation sites is 2. The summed E-state index contributed by atoms with van der Waals surface area (Å²) in [5, 5.41) is 9.65. The van der Waals surface area contributed by atoms with Crippen molar-refractivity contribution in [1.29, 1.82) is 0 Å². The lowest BCUT2D eigenvalue weighted by atomic mass is 9.90. The first-order valence-electron chi connectivity index (χ1n) is 13.3.